The summed E-state index contributed by atoms with van der Waals surface area (Å²) in [6.07, 6.45) is 0.641. The number of nitrogens with one attached hydrogen (secondary N) is 2. The lowest BCUT2D eigenvalue weighted by atomic mass is 9.99. The quantitative estimate of drug-likeness (QED) is 0.463. The molecule has 1 aliphatic rings. The predicted octanol–water partition coefficient (Wildman–Crippen LogP) is 5.57. The zero-order valence-corrected chi connectivity index (χ0v) is 22.4. The van der Waals surface area contributed by atoms with Crippen LogP contribution in [0.1, 0.15) is 45.2 Å². The number of ether oxygens (including phenoxy) is 2. The van der Waals surface area contributed by atoms with Crippen LogP contribution in [0.3, 0.4) is 0 Å². The molecule has 2 aromatic carbocycles. The van der Waals surface area contributed by atoms with Crippen LogP contribution in [0, 0.1) is 19.8 Å². The molecule has 1 atom stereocenters. The highest BCUT2D eigenvalue weighted by atomic mass is 32.2. The minimum atomic E-state index is -3.95. The van der Waals surface area contributed by atoms with E-state index in [0.29, 0.717) is 29.7 Å². The Balaban J connectivity index is 1.95. The molecule has 0 radical (unpaired) electrons. The predicted molar refractivity (Wildman–Crippen MR) is 142 cm³/mol. The third kappa shape index (κ3) is 5.73. The molecule has 2 heterocycles. The zero-order valence-electron chi connectivity index (χ0n) is 21.6. The second-order valence-electron chi connectivity index (χ2n) is 9.88. The van der Waals surface area contributed by atoms with E-state index in [4.69, 9.17) is 9.47 Å². The third-order valence-corrected chi connectivity index (χ3v) is 7.15. The van der Waals surface area contributed by atoms with Crippen LogP contribution in [0.15, 0.2) is 47.4 Å². The number of benzene rings is 2. The maximum absolute atomic E-state index is 13.3. The molecule has 0 saturated heterocycles. The Morgan fingerprint density at radius 1 is 1.06 bits per heavy atom. The van der Waals surface area contributed by atoms with Crippen molar-refractivity contribution in [2.75, 3.05) is 16.6 Å². The molecular formula is C27H34N4O4S. The van der Waals surface area contributed by atoms with Crippen LogP contribution in [0.2, 0.25) is 0 Å². The van der Waals surface area contributed by atoms with Crippen molar-refractivity contribution in [3.63, 3.8) is 0 Å². The van der Waals surface area contributed by atoms with Gasteiger partial charge < -0.3 is 14.8 Å². The fraction of sp³-hybridized carbons (Fsp3) is 0.407. The average molecular weight is 511 g/mol. The normalized spacial score (nSPS) is 16.8. The number of hydrogen-bond donors (Lipinski definition) is 2. The van der Waals surface area contributed by atoms with Gasteiger partial charge in [0.1, 0.15) is 12.3 Å². The van der Waals surface area contributed by atoms with E-state index in [2.05, 4.69) is 33.9 Å². The largest absolute Gasteiger partial charge is 0.484 e. The Hall–Kier alpha value is -3.33. The molecule has 0 amide bonds. The van der Waals surface area contributed by atoms with Gasteiger partial charge in [0.05, 0.1) is 17.0 Å². The molecule has 0 unspecified atom stereocenters. The number of aryl methyl sites for hydroxylation is 2. The topological polar surface area (TPSA) is 102 Å². The first-order chi connectivity index (χ1) is 17.0. The van der Waals surface area contributed by atoms with Gasteiger partial charge in [-0.1, -0.05) is 38.1 Å². The summed E-state index contributed by atoms with van der Waals surface area (Å²) in [5.41, 5.74) is 4.01. The van der Waals surface area contributed by atoms with E-state index in [9.17, 15) is 8.42 Å². The molecule has 0 spiro atoms. The number of nitrogens with zero attached hydrogens (tertiary/aromatic N) is 2. The van der Waals surface area contributed by atoms with Gasteiger partial charge in [0.15, 0.2) is 0 Å². The van der Waals surface area contributed by atoms with Crippen LogP contribution in [0.5, 0.6) is 11.6 Å². The summed E-state index contributed by atoms with van der Waals surface area (Å²) in [5.74, 6) is 0.918. The van der Waals surface area contributed by atoms with Crippen molar-refractivity contribution >= 4 is 21.7 Å². The van der Waals surface area contributed by atoms with E-state index in [1.165, 1.54) is 0 Å². The van der Waals surface area contributed by atoms with Crippen LogP contribution in [0.25, 0.3) is 11.3 Å². The molecule has 36 heavy (non-hydrogen) atoms. The number of anilines is 2. The molecular weight excluding hydrogens is 476 g/mol. The maximum Gasteiger partial charge on any atom is 0.264 e. The van der Waals surface area contributed by atoms with Crippen LogP contribution < -0.4 is 19.5 Å². The van der Waals surface area contributed by atoms with Crippen molar-refractivity contribution in [1.82, 2.24) is 9.97 Å². The van der Waals surface area contributed by atoms with Crippen molar-refractivity contribution in [2.24, 2.45) is 5.92 Å². The monoisotopic (exact) mass is 510 g/mol. The smallest absolute Gasteiger partial charge is 0.264 e. The van der Waals surface area contributed by atoms with Crippen LogP contribution in [-0.4, -0.2) is 37.1 Å². The van der Waals surface area contributed by atoms with Gasteiger partial charge in [-0.2, -0.15) is 4.98 Å². The number of hydrogen-bond acceptors (Lipinski definition) is 7. The minimum Gasteiger partial charge on any atom is -0.484 e. The summed E-state index contributed by atoms with van der Waals surface area (Å²) in [6, 6.07) is 12.6. The molecule has 2 N–H and O–H groups in total. The summed E-state index contributed by atoms with van der Waals surface area (Å²) in [6.45, 7) is 12.4. The van der Waals surface area contributed by atoms with Gasteiger partial charge in [-0.15, -0.1) is 0 Å². The highest BCUT2D eigenvalue weighted by Gasteiger charge is 2.26. The van der Waals surface area contributed by atoms with E-state index in [1.807, 2.05) is 52.0 Å². The second kappa shape index (κ2) is 10.3. The van der Waals surface area contributed by atoms with Crippen LogP contribution in [0.4, 0.5) is 11.6 Å². The minimum absolute atomic E-state index is 0.0712. The molecule has 3 aromatic rings. The van der Waals surface area contributed by atoms with Crippen molar-refractivity contribution in [1.29, 1.82) is 0 Å². The lowest BCUT2D eigenvalue weighted by molar-refractivity contribution is 0.210. The maximum atomic E-state index is 13.3. The van der Waals surface area contributed by atoms with E-state index in [-0.39, 0.29) is 28.9 Å². The van der Waals surface area contributed by atoms with E-state index in [1.54, 1.807) is 18.2 Å². The van der Waals surface area contributed by atoms with Gasteiger partial charge in [-0.25, -0.2) is 18.1 Å². The zero-order chi connectivity index (χ0) is 26.0. The summed E-state index contributed by atoms with van der Waals surface area (Å²) in [7, 11) is -3.95. The third-order valence-electron chi connectivity index (χ3n) is 5.82. The Kier molecular flexibility index (Phi) is 7.40. The molecule has 0 saturated carbocycles. The first-order valence-electron chi connectivity index (χ1n) is 12.2. The number of rotatable bonds is 5. The van der Waals surface area contributed by atoms with Crippen LogP contribution >= 0.6 is 0 Å². The standard InChI is InChI=1S/C27H34N4O4S/c1-16(2)13-21-15-34-26-25(35-17(3)4)24(23-18(5)9-7-10-19(23)6)29-27(30-26)31-36(32,33)22-12-8-11-20(14-22)28-21/h7-12,14,16-17,21,28H,13,15H2,1-6H3,(H,29,30,31)/t21-/m1/s1. The molecule has 4 bridgehead atoms. The lowest BCUT2D eigenvalue weighted by Gasteiger charge is -2.25. The highest BCUT2D eigenvalue weighted by Crippen LogP contribution is 2.40. The van der Waals surface area contributed by atoms with Gasteiger partial charge in [-0.05, 0) is 69.4 Å². The molecule has 192 valence electrons. The highest BCUT2D eigenvalue weighted by molar-refractivity contribution is 7.92. The Bertz CT molecular complexity index is 1340. The van der Waals surface area contributed by atoms with E-state index >= 15 is 0 Å². The van der Waals surface area contributed by atoms with Gasteiger partial charge in [0.2, 0.25) is 11.7 Å². The van der Waals surface area contributed by atoms with Crippen molar-refractivity contribution in [2.45, 2.75) is 65.0 Å². The fourth-order valence-electron chi connectivity index (χ4n) is 4.36. The molecule has 0 fully saturated rings. The first-order valence-corrected chi connectivity index (χ1v) is 13.7. The van der Waals surface area contributed by atoms with Gasteiger partial charge in [0, 0.05) is 11.3 Å². The molecule has 0 aliphatic carbocycles. The molecule has 4 rings (SSSR count). The second-order valence-corrected chi connectivity index (χ2v) is 11.6. The Labute approximate surface area is 213 Å². The van der Waals surface area contributed by atoms with E-state index in [0.717, 1.165) is 23.1 Å². The van der Waals surface area contributed by atoms with Crippen molar-refractivity contribution in [3.8, 4) is 22.9 Å². The van der Waals surface area contributed by atoms with Crippen molar-refractivity contribution < 1.29 is 17.9 Å². The average Bonchev–Trinajstić information content (AvgIpc) is 2.78. The molecule has 1 aliphatic heterocycles. The lowest BCUT2D eigenvalue weighted by Crippen LogP contribution is -2.30. The molecule has 8 nitrogen and oxygen atoms in total. The van der Waals surface area contributed by atoms with Crippen LogP contribution in [-0.2, 0) is 10.0 Å². The Morgan fingerprint density at radius 3 is 2.42 bits per heavy atom. The first kappa shape index (κ1) is 25.8. The number of sulfonamides is 1. The fourth-order valence-corrected chi connectivity index (χ4v) is 5.35. The number of fused-ring (bicyclic) bond motifs is 4. The Morgan fingerprint density at radius 2 is 1.75 bits per heavy atom. The summed E-state index contributed by atoms with van der Waals surface area (Å²) in [4.78, 5) is 9.26. The summed E-state index contributed by atoms with van der Waals surface area (Å²) in [5, 5.41) is 3.44. The summed E-state index contributed by atoms with van der Waals surface area (Å²) < 4.78 is 41.6. The molecule has 1 aromatic heterocycles. The van der Waals surface area contributed by atoms with E-state index < -0.39 is 10.0 Å². The van der Waals surface area contributed by atoms with Crippen molar-refractivity contribution in [3.05, 3.63) is 53.6 Å². The number of aromatic nitrogens is 2. The SMILES string of the molecule is Cc1cccc(C)c1-c1nc2nc(c1OC(C)C)OC[C@@H](CC(C)C)Nc1cccc(c1)S(=O)(=O)N2. The van der Waals surface area contributed by atoms with Gasteiger partial charge in [-0.3, -0.25) is 0 Å². The van der Waals surface area contributed by atoms with Gasteiger partial charge >= 0.3 is 0 Å². The summed E-state index contributed by atoms with van der Waals surface area (Å²) >= 11 is 0. The molecule has 9 heteroatoms. The van der Waals surface area contributed by atoms with Gasteiger partial charge in [0.25, 0.3) is 15.9 Å².